The highest BCUT2D eigenvalue weighted by Crippen LogP contribution is 2.08. The maximum Gasteiger partial charge on any atom is 0.431 e. The number of rotatable bonds is 8. The molecule has 2 N–H and O–H groups in total. The summed E-state index contributed by atoms with van der Waals surface area (Å²) in [6.07, 6.45) is -1.24. The predicted molar refractivity (Wildman–Crippen MR) is 84.3 cm³/mol. The third-order valence-electron chi connectivity index (χ3n) is 2.76. The highest BCUT2D eigenvalue weighted by atomic mass is 32.2. The first-order valence-corrected chi connectivity index (χ1v) is 8.68. The van der Waals surface area contributed by atoms with Crippen LogP contribution in [0, 0.1) is 5.92 Å². The van der Waals surface area contributed by atoms with Crippen LogP contribution >= 0.6 is 0 Å². The van der Waals surface area contributed by atoms with Gasteiger partial charge in [0.15, 0.2) is 0 Å². The van der Waals surface area contributed by atoms with Crippen LogP contribution < -0.4 is 10.2 Å². The van der Waals surface area contributed by atoms with Gasteiger partial charge in [0.1, 0.15) is 11.7 Å². The summed E-state index contributed by atoms with van der Waals surface area (Å²) in [6.45, 7) is 11.1. The minimum absolute atomic E-state index is 0.00966. The van der Waals surface area contributed by atoms with Crippen molar-refractivity contribution in [2.24, 2.45) is 5.92 Å². The lowest BCUT2D eigenvalue weighted by atomic mass is 10.1. The van der Waals surface area contributed by atoms with Crippen LogP contribution in [-0.4, -0.2) is 50.7 Å². The maximum atomic E-state index is 11.9. The Balaban J connectivity index is 4.49. The zero-order valence-electron chi connectivity index (χ0n) is 14.5. The second-order valence-corrected chi connectivity index (χ2v) is 8.13. The van der Waals surface area contributed by atoms with Crippen molar-refractivity contribution in [1.29, 1.82) is 0 Å². The molecule has 0 aromatic heterocycles. The van der Waals surface area contributed by atoms with E-state index in [0.717, 1.165) is 0 Å². The summed E-state index contributed by atoms with van der Waals surface area (Å²) in [5.74, 6) is -0.00966. The number of carbonyl (C=O) groups excluding carboxylic acids is 1. The summed E-state index contributed by atoms with van der Waals surface area (Å²) < 4.78 is 32.4. The standard InChI is InChI=1S/C13H29N3O5S/c1-8-16(7)22(18,19)14-9-11(10(2)3)21-15-12(17)20-13(4,5)6/h10-11,14H,8-9H2,1-7H3,(H,15,17)/t11-/m0/s1. The van der Waals surface area contributed by atoms with Gasteiger partial charge in [-0.2, -0.15) is 22.9 Å². The molecule has 0 saturated heterocycles. The van der Waals surface area contributed by atoms with E-state index >= 15 is 0 Å². The van der Waals surface area contributed by atoms with E-state index < -0.39 is 28.0 Å². The number of hydroxylamine groups is 1. The molecule has 0 spiro atoms. The van der Waals surface area contributed by atoms with Crippen LogP contribution in [0.4, 0.5) is 4.79 Å². The van der Waals surface area contributed by atoms with Crippen LogP contribution in [0.3, 0.4) is 0 Å². The molecule has 0 saturated carbocycles. The summed E-state index contributed by atoms with van der Waals surface area (Å²) >= 11 is 0. The van der Waals surface area contributed by atoms with Crippen molar-refractivity contribution in [3.8, 4) is 0 Å². The number of hydrogen-bond donors (Lipinski definition) is 2. The first-order valence-electron chi connectivity index (χ1n) is 7.24. The second kappa shape index (κ2) is 8.66. The fraction of sp³-hybridized carbons (Fsp3) is 0.923. The van der Waals surface area contributed by atoms with Gasteiger partial charge in [-0.25, -0.2) is 4.79 Å². The average molecular weight is 339 g/mol. The number of nitrogens with one attached hydrogen (secondary N) is 2. The van der Waals surface area contributed by atoms with Crippen LogP contribution in [0.5, 0.6) is 0 Å². The summed E-state index contributed by atoms with van der Waals surface area (Å²) in [6, 6.07) is 0. The Kier molecular flexibility index (Phi) is 8.30. The Labute approximate surface area is 133 Å². The monoisotopic (exact) mass is 339 g/mol. The highest BCUT2D eigenvalue weighted by Gasteiger charge is 2.23. The van der Waals surface area contributed by atoms with E-state index in [2.05, 4.69) is 10.2 Å². The van der Waals surface area contributed by atoms with Gasteiger partial charge in [0.2, 0.25) is 0 Å². The Morgan fingerprint density at radius 1 is 1.27 bits per heavy atom. The van der Waals surface area contributed by atoms with Crippen LogP contribution in [0.2, 0.25) is 0 Å². The highest BCUT2D eigenvalue weighted by molar-refractivity contribution is 7.87. The SMILES string of the molecule is CCN(C)S(=O)(=O)NC[C@H](ONC(=O)OC(C)(C)C)C(C)C. The van der Waals surface area contributed by atoms with E-state index in [0.29, 0.717) is 6.54 Å². The lowest BCUT2D eigenvalue weighted by Crippen LogP contribution is -2.45. The minimum atomic E-state index is -3.55. The van der Waals surface area contributed by atoms with Gasteiger partial charge in [0.25, 0.3) is 10.2 Å². The van der Waals surface area contributed by atoms with Gasteiger partial charge in [-0.05, 0) is 26.7 Å². The molecule has 132 valence electrons. The number of ether oxygens (including phenoxy) is 1. The second-order valence-electron chi connectivity index (χ2n) is 6.27. The number of amides is 1. The molecule has 1 atom stereocenters. The molecule has 0 radical (unpaired) electrons. The van der Waals surface area contributed by atoms with Gasteiger partial charge >= 0.3 is 6.09 Å². The summed E-state index contributed by atoms with van der Waals surface area (Å²) in [5.41, 5.74) is 1.56. The topological polar surface area (TPSA) is 97.0 Å². The number of hydrogen-bond acceptors (Lipinski definition) is 5. The molecular weight excluding hydrogens is 310 g/mol. The molecule has 0 fully saturated rings. The zero-order valence-corrected chi connectivity index (χ0v) is 15.3. The number of nitrogens with zero attached hydrogens (tertiary/aromatic N) is 1. The normalized spacial score (nSPS) is 14.2. The quantitative estimate of drug-likeness (QED) is 0.649. The van der Waals surface area contributed by atoms with Crippen LogP contribution in [-0.2, 0) is 19.8 Å². The van der Waals surface area contributed by atoms with Gasteiger partial charge in [0.05, 0.1) is 0 Å². The van der Waals surface area contributed by atoms with Crippen LogP contribution in [0.1, 0.15) is 41.5 Å². The molecule has 8 nitrogen and oxygen atoms in total. The third-order valence-corrected chi connectivity index (χ3v) is 4.37. The fourth-order valence-electron chi connectivity index (χ4n) is 1.30. The van der Waals surface area contributed by atoms with E-state index in [4.69, 9.17) is 9.57 Å². The van der Waals surface area contributed by atoms with E-state index in [1.807, 2.05) is 13.8 Å². The molecule has 0 aliphatic carbocycles. The average Bonchev–Trinajstić information content (AvgIpc) is 2.34. The van der Waals surface area contributed by atoms with Crippen molar-refractivity contribution in [2.75, 3.05) is 20.1 Å². The Bertz CT molecular complexity index is 445. The molecule has 0 aliphatic rings. The molecule has 0 unspecified atom stereocenters. The van der Waals surface area contributed by atoms with Gasteiger partial charge in [-0.3, -0.25) is 4.84 Å². The summed E-state index contributed by atoms with van der Waals surface area (Å²) in [5, 5.41) is 0. The summed E-state index contributed by atoms with van der Waals surface area (Å²) in [7, 11) is -2.07. The van der Waals surface area contributed by atoms with Crippen molar-refractivity contribution in [1.82, 2.24) is 14.5 Å². The van der Waals surface area contributed by atoms with E-state index in [1.54, 1.807) is 27.7 Å². The fourth-order valence-corrected chi connectivity index (χ4v) is 2.24. The number of carbonyl (C=O) groups is 1. The Morgan fingerprint density at radius 2 is 1.82 bits per heavy atom. The van der Waals surface area contributed by atoms with Gasteiger partial charge in [0, 0.05) is 20.1 Å². The van der Waals surface area contributed by atoms with Crippen molar-refractivity contribution < 1.29 is 22.8 Å². The molecule has 9 heteroatoms. The predicted octanol–water partition coefficient (Wildman–Crippen LogP) is 1.25. The van der Waals surface area contributed by atoms with Gasteiger partial charge in [-0.15, -0.1) is 0 Å². The van der Waals surface area contributed by atoms with Crippen molar-refractivity contribution >= 4 is 16.3 Å². The lowest BCUT2D eigenvalue weighted by molar-refractivity contribution is -0.0552. The first kappa shape index (κ1) is 21.1. The smallest absolute Gasteiger partial charge is 0.431 e. The Hall–Kier alpha value is -0.900. The van der Waals surface area contributed by atoms with Crippen molar-refractivity contribution in [3.63, 3.8) is 0 Å². The van der Waals surface area contributed by atoms with Crippen molar-refractivity contribution in [3.05, 3.63) is 0 Å². The van der Waals surface area contributed by atoms with E-state index in [9.17, 15) is 13.2 Å². The molecule has 0 heterocycles. The summed E-state index contributed by atoms with van der Waals surface area (Å²) in [4.78, 5) is 16.8. The maximum absolute atomic E-state index is 11.9. The molecule has 0 rings (SSSR count). The van der Waals surface area contributed by atoms with Gasteiger partial charge < -0.3 is 4.74 Å². The Morgan fingerprint density at radius 3 is 2.23 bits per heavy atom. The molecule has 1 amide bonds. The van der Waals surface area contributed by atoms with E-state index in [1.165, 1.54) is 11.4 Å². The molecule has 0 bridgehead atoms. The lowest BCUT2D eigenvalue weighted by Gasteiger charge is -2.24. The van der Waals surface area contributed by atoms with Crippen molar-refractivity contribution in [2.45, 2.75) is 53.2 Å². The minimum Gasteiger partial charge on any atom is -0.442 e. The van der Waals surface area contributed by atoms with Crippen LogP contribution in [0.15, 0.2) is 0 Å². The van der Waals surface area contributed by atoms with Crippen LogP contribution in [0.25, 0.3) is 0 Å². The molecule has 0 aromatic rings. The molecule has 0 aliphatic heterocycles. The van der Waals surface area contributed by atoms with Gasteiger partial charge in [-0.1, -0.05) is 20.8 Å². The largest absolute Gasteiger partial charge is 0.442 e. The third kappa shape index (κ3) is 8.52. The molecular formula is C13H29N3O5S. The first-order chi connectivity index (χ1) is 9.89. The zero-order chi connectivity index (χ0) is 17.6. The molecule has 0 aromatic carbocycles. The molecule has 22 heavy (non-hydrogen) atoms. The van der Waals surface area contributed by atoms with E-state index in [-0.39, 0.29) is 12.5 Å².